The van der Waals surface area contributed by atoms with Gasteiger partial charge in [-0.05, 0) is 43.2 Å². The van der Waals surface area contributed by atoms with E-state index < -0.39 is 29.4 Å². The highest BCUT2D eigenvalue weighted by atomic mass is 32.1. The molecule has 0 saturated carbocycles. The number of aromatic nitrogens is 2. The Balaban J connectivity index is 1.37. The molecule has 0 unspecified atom stereocenters. The summed E-state index contributed by atoms with van der Waals surface area (Å²) in [5.41, 5.74) is 5.00. The van der Waals surface area contributed by atoms with Gasteiger partial charge in [-0.15, -0.1) is 11.3 Å². The number of amides is 1. The van der Waals surface area contributed by atoms with Gasteiger partial charge in [-0.2, -0.15) is 20.5 Å². The number of nitriles is 2. The number of alkyl halides is 1. The van der Waals surface area contributed by atoms with E-state index in [0.29, 0.717) is 25.9 Å². The molecule has 2 aromatic heterocycles. The lowest BCUT2D eigenvalue weighted by Crippen LogP contribution is -2.43. The molecule has 2 aromatic carbocycles. The van der Waals surface area contributed by atoms with Gasteiger partial charge >= 0.3 is 6.01 Å². The summed E-state index contributed by atoms with van der Waals surface area (Å²) in [5.74, 6) is -1.88. The molecule has 3 fully saturated rings. The summed E-state index contributed by atoms with van der Waals surface area (Å²) >= 11 is 0.858. The normalized spacial score (nSPS) is 22.4. The van der Waals surface area contributed by atoms with Crippen molar-refractivity contribution < 1.29 is 27.4 Å². The number of rotatable bonds is 7. The molecule has 0 aliphatic carbocycles. The van der Waals surface area contributed by atoms with Crippen LogP contribution in [0.3, 0.4) is 0 Å². The number of carbonyl (C=O) groups excluding carboxylic acids is 1. The van der Waals surface area contributed by atoms with E-state index in [9.17, 15) is 24.1 Å². The van der Waals surface area contributed by atoms with Crippen LogP contribution in [0.25, 0.3) is 32.1 Å². The number of ether oxygens (including phenoxy) is 2. The summed E-state index contributed by atoms with van der Waals surface area (Å²) in [6, 6.07) is 7.60. The van der Waals surface area contributed by atoms with Crippen LogP contribution in [0.2, 0.25) is 0 Å². The number of hydrogen-bond donors (Lipinski definition) is 1. The minimum Gasteiger partial charge on any atom is -0.472 e. The number of hydrogen-bond acceptors (Lipinski definition) is 10. The molecule has 3 saturated heterocycles. The van der Waals surface area contributed by atoms with Gasteiger partial charge in [0.05, 0.1) is 39.4 Å². The van der Waals surface area contributed by atoms with Gasteiger partial charge in [0.25, 0.3) is 0 Å². The summed E-state index contributed by atoms with van der Waals surface area (Å²) in [7, 11) is 0. The Bertz CT molecular complexity index is 2060. The van der Waals surface area contributed by atoms with Crippen LogP contribution in [0.15, 0.2) is 30.9 Å². The van der Waals surface area contributed by atoms with E-state index in [1.54, 1.807) is 4.90 Å². The molecule has 4 aromatic rings. The van der Waals surface area contributed by atoms with Gasteiger partial charge in [0, 0.05) is 36.9 Å². The second-order valence-corrected chi connectivity index (χ2v) is 13.1. The predicted octanol–water partition coefficient (Wildman–Crippen LogP) is 5.24. The molecule has 240 valence electrons. The number of benzene rings is 2. The highest BCUT2D eigenvalue weighted by Crippen LogP contribution is 2.45. The van der Waals surface area contributed by atoms with Crippen molar-refractivity contribution in [2.75, 3.05) is 38.5 Å². The SMILES string of the molecule is C=CC(=O)N1CC[C@@H](Oc2nc(OC[C@@]34CCCN3C[C@H](F)C4)nc3c(F)c(-c4ccc(F)c5sc(N)c(C#N)c45)c(C#N)cc23)C1. The van der Waals surface area contributed by atoms with Crippen molar-refractivity contribution in [1.82, 2.24) is 19.8 Å². The fourth-order valence-corrected chi connectivity index (χ4v) is 8.10. The first-order valence-electron chi connectivity index (χ1n) is 15.1. The maximum Gasteiger partial charge on any atom is 0.320 e. The number of nitrogens with zero attached hydrogens (tertiary/aromatic N) is 6. The molecule has 3 atom stereocenters. The van der Waals surface area contributed by atoms with E-state index in [2.05, 4.69) is 21.4 Å². The Labute approximate surface area is 271 Å². The monoisotopic (exact) mass is 659 g/mol. The van der Waals surface area contributed by atoms with Gasteiger partial charge in [-0.25, -0.2) is 13.2 Å². The number of halogens is 3. The van der Waals surface area contributed by atoms with Crippen molar-refractivity contribution in [1.29, 1.82) is 10.5 Å². The van der Waals surface area contributed by atoms with Gasteiger partial charge in [0.1, 0.15) is 41.3 Å². The maximum atomic E-state index is 16.9. The Morgan fingerprint density at radius 1 is 1.23 bits per heavy atom. The van der Waals surface area contributed by atoms with Crippen molar-refractivity contribution in [2.45, 2.75) is 43.5 Å². The van der Waals surface area contributed by atoms with Crippen molar-refractivity contribution in [3.8, 4) is 35.2 Å². The van der Waals surface area contributed by atoms with E-state index in [1.807, 2.05) is 12.1 Å². The van der Waals surface area contributed by atoms with Gasteiger partial charge in [-0.1, -0.05) is 12.6 Å². The third-order valence-electron chi connectivity index (χ3n) is 9.34. The minimum absolute atomic E-state index is 0.0263. The lowest BCUT2D eigenvalue weighted by molar-refractivity contribution is -0.125. The third kappa shape index (κ3) is 5.08. The average molecular weight is 660 g/mol. The van der Waals surface area contributed by atoms with Crippen LogP contribution in [0.4, 0.5) is 18.2 Å². The maximum absolute atomic E-state index is 16.9. The topological polar surface area (TPSA) is 141 Å². The lowest BCUT2D eigenvalue weighted by Gasteiger charge is -2.30. The Morgan fingerprint density at radius 3 is 2.83 bits per heavy atom. The molecule has 3 aliphatic rings. The van der Waals surface area contributed by atoms with E-state index in [4.69, 9.17) is 15.2 Å². The quantitative estimate of drug-likeness (QED) is 0.264. The second kappa shape index (κ2) is 11.7. The molecule has 3 aliphatic heterocycles. The summed E-state index contributed by atoms with van der Waals surface area (Å²) in [4.78, 5) is 24.7. The smallest absolute Gasteiger partial charge is 0.320 e. The molecular formula is C33H28F3N7O3S. The second-order valence-electron chi connectivity index (χ2n) is 12.1. The van der Waals surface area contributed by atoms with Crippen LogP contribution in [0.5, 0.6) is 11.9 Å². The molecule has 5 heterocycles. The molecule has 0 bridgehead atoms. The predicted molar refractivity (Wildman–Crippen MR) is 168 cm³/mol. The van der Waals surface area contributed by atoms with Crippen LogP contribution in [0, 0.1) is 34.3 Å². The first kappa shape index (κ1) is 30.7. The molecule has 10 nitrogen and oxygen atoms in total. The largest absolute Gasteiger partial charge is 0.472 e. The first-order chi connectivity index (χ1) is 22.7. The molecule has 2 N–H and O–H groups in total. The number of likely N-dealkylation sites (tertiary alicyclic amines) is 1. The average Bonchev–Trinajstić information content (AvgIpc) is 3.83. The molecule has 47 heavy (non-hydrogen) atoms. The zero-order valence-corrected chi connectivity index (χ0v) is 25.9. The summed E-state index contributed by atoms with van der Waals surface area (Å²) in [5, 5.41) is 20.3. The summed E-state index contributed by atoms with van der Waals surface area (Å²) in [6.45, 7) is 5.32. The molecule has 7 rings (SSSR count). The number of carbonyl (C=O) groups is 1. The highest BCUT2D eigenvalue weighted by molar-refractivity contribution is 7.23. The Hall–Kier alpha value is -4.92. The first-order valence-corrected chi connectivity index (χ1v) is 15.9. The fourth-order valence-electron chi connectivity index (χ4n) is 7.15. The van der Waals surface area contributed by atoms with Crippen molar-refractivity contribution in [3.63, 3.8) is 0 Å². The molecule has 1 amide bonds. The van der Waals surface area contributed by atoms with Crippen LogP contribution in [-0.4, -0.2) is 76.3 Å². The van der Waals surface area contributed by atoms with E-state index in [0.717, 1.165) is 36.8 Å². The molecule has 0 radical (unpaired) electrons. The van der Waals surface area contributed by atoms with E-state index in [1.165, 1.54) is 18.2 Å². The summed E-state index contributed by atoms with van der Waals surface area (Å²) in [6.07, 6.45) is 2.11. The van der Waals surface area contributed by atoms with Gasteiger partial charge in [0.15, 0.2) is 5.82 Å². The number of nitrogens with two attached hydrogens (primary N) is 1. The van der Waals surface area contributed by atoms with Crippen LogP contribution < -0.4 is 15.2 Å². The fraction of sp³-hybridized carbons (Fsp3) is 0.364. The van der Waals surface area contributed by atoms with Crippen molar-refractivity contribution in [3.05, 3.63) is 53.6 Å². The molecular weight excluding hydrogens is 631 g/mol. The van der Waals surface area contributed by atoms with Crippen LogP contribution >= 0.6 is 11.3 Å². The number of anilines is 1. The van der Waals surface area contributed by atoms with Gasteiger partial charge in [0.2, 0.25) is 11.8 Å². The third-order valence-corrected chi connectivity index (χ3v) is 10.4. The van der Waals surface area contributed by atoms with Crippen LogP contribution in [-0.2, 0) is 4.79 Å². The van der Waals surface area contributed by atoms with Crippen molar-refractivity contribution >= 4 is 43.2 Å². The van der Waals surface area contributed by atoms with Gasteiger partial charge in [-0.3, -0.25) is 9.69 Å². The van der Waals surface area contributed by atoms with Crippen molar-refractivity contribution in [2.24, 2.45) is 0 Å². The van der Waals surface area contributed by atoms with Crippen LogP contribution in [0.1, 0.15) is 36.8 Å². The minimum atomic E-state index is -0.986. The zero-order chi connectivity index (χ0) is 33.0. The number of nitrogen functional groups attached to an aromatic ring is 1. The lowest BCUT2D eigenvalue weighted by atomic mass is 9.93. The highest BCUT2D eigenvalue weighted by Gasteiger charge is 2.49. The molecule has 0 spiro atoms. The number of thiophene rings is 1. The standard InChI is InChI=1S/C33H28F3N7O3S/c1-2-24(44)42-9-6-19(15-42)46-31-21-10-17(12-37)25(20-4-5-23(35)29-26(20)22(13-38)30(39)47-29)27(36)28(21)40-32(41-31)45-16-33-7-3-8-43(33)14-18(34)11-33/h2,4-5,10,18-19H,1,3,6-9,11,14-16,39H2/t18-,19-,33+/m1/s1. The zero-order valence-electron chi connectivity index (χ0n) is 25.1. The summed E-state index contributed by atoms with van der Waals surface area (Å²) < 4.78 is 58.6. The van der Waals surface area contributed by atoms with E-state index >= 15 is 4.39 Å². The molecule has 14 heteroatoms. The van der Waals surface area contributed by atoms with E-state index in [-0.39, 0.29) is 79.2 Å². The Kier molecular flexibility index (Phi) is 7.65. The number of fused-ring (bicyclic) bond motifs is 3. The Morgan fingerprint density at radius 2 is 2.06 bits per heavy atom. The van der Waals surface area contributed by atoms with Gasteiger partial charge < -0.3 is 20.1 Å².